The molecule has 0 amide bonds. The normalized spacial score (nSPS) is 19.3. The van der Waals surface area contributed by atoms with E-state index in [1.807, 2.05) is 13.0 Å². The summed E-state index contributed by atoms with van der Waals surface area (Å²) >= 11 is 0. The van der Waals surface area contributed by atoms with Gasteiger partial charge in [-0.3, -0.25) is 4.90 Å². The molecule has 0 bridgehead atoms. The fourth-order valence-electron chi connectivity index (χ4n) is 3.08. The molecular weight excluding hydrogens is 278 g/mol. The van der Waals surface area contributed by atoms with Crippen molar-refractivity contribution in [3.8, 4) is 5.75 Å². The van der Waals surface area contributed by atoms with E-state index in [2.05, 4.69) is 33.3 Å². The van der Waals surface area contributed by atoms with Crippen LogP contribution in [-0.2, 0) is 13.0 Å². The quantitative estimate of drug-likeness (QED) is 0.847. The van der Waals surface area contributed by atoms with Crippen LogP contribution in [0.1, 0.15) is 49.6 Å². The Morgan fingerprint density at radius 1 is 1.27 bits per heavy atom. The average molecular weight is 301 g/mol. The van der Waals surface area contributed by atoms with Crippen LogP contribution in [0.15, 0.2) is 28.7 Å². The Labute approximate surface area is 131 Å². The molecule has 1 fully saturated rings. The average Bonchev–Trinajstić information content (AvgIpc) is 3.03. The Bertz CT molecular complexity index is 611. The van der Waals surface area contributed by atoms with Crippen molar-refractivity contribution in [1.29, 1.82) is 0 Å². The molecule has 1 saturated heterocycles. The molecule has 0 N–H and O–H groups in total. The van der Waals surface area contributed by atoms with Crippen LogP contribution >= 0.6 is 0 Å². The van der Waals surface area contributed by atoms with Crippen LogP contribution in [0.4, 0.5) is 0 Å². The predicted octanol–water partition coefficient (Wildman–Crippen LogP) is 3.37. The van der Waals surface area contributed by atoms with Gasteiger partial charge in [-0.25, -0.2) is 0 Å². The van der Waals surface area contributed by atoms with Crippen LogP contribution in [-0.4, -0.2) is 28.8 Å². The molecule has 5 heteroatoms. The van der Waals surface area contributed by atoms with Crippen molar-refractivity contribution in [2.75, 3.05) is 13.7 Å². The van der Waals surface area contributed by atoms with Gasteiger partial charge in [-0.15, -0.1) is 10.2 Å². The van der Waals surface area contributed by atoms with E-state index in [0.717, 1.165) is 31.7 Å². The van der Waals surface area contributed by atoms with Gasteiger partial charge in [0.1, 0.15) is 5.75 Å². The lowest BCUT2D eigenvalue weighted by Gasteiger charge is -2.35. The van der Waals surface area contributed by atoms with Crippen molar-refractivity contribution in [2.24, 2.45) is 0 Å². The number of nitrogens with zero attached hydrogens (tertiary/aromatic N) is 3. The van der Waals surface area contributed by atoms with E-state index >= 15 is 0 Å². The zero-order chi connectivity index (χ0) is 15.4. The molecule has 0 saturated carbocycles. The van der Waals surface area contributed by atoms with Crippen LogP contribution in [0.5, 0.6) is 5.75 Å². The third kappa shape index (κ3) is 3.30. The smallest absolute Gasteiger partial charge is 0.230 e. The topological polar surface area (TPSA) is 51.4 Å². The highest BCUT2D eigenvalue weighted by atomic mass is 16.5. The summed E-state index contributed by atoms with van der Waals surface area (Å²) in [7, 11) is 1.71. The molecule has 1 aromatic carbocycles. The van der Waals surface area contributed by atoms with Gasteiger partial charge in [-0.2, -0.15) is 0 Å². The van der Waals surface area contributed by atoms with Gasteiger partial charge in [0, 0.05) is 12.5 Å². The molecule has 0 aliphatic carbocycles. The largest absolute Gasteiger partial charge is 0.497 e. The molecule has 2 heterocycles. The summed E-state index contributed by atoms with van der Waals surface area (Å²) in [5.74, 6) is 2.34. The number of piperidine rings is 1. The van der Waals surface area contributed by atoms with Gasteiger partial charge < -0.3 is 9.15 Å². The Balaban J connectivity index is 1.78. The summed E-state index contributed by atoms with van der Waals surface area (Å²) in [4.78, 5) is 2.44. The summed E-state index contributed by atoms with van der Waals surface area (Å²) in [5.41, 5.74) is 1.30. The molecule has 1 unspecified atom stereocenters. The molecule has 22 heavy (non-hydrogen) atoms. The number of hydrogen-bond donors (Lipinski definition) is 0. The van der Waals surface area contributed by atoms with Crippen molar-refractivity contribution in [1.82, 2.24) is 15.1 Å². The minimum Gasteiger partial charge on any atom is -0.497 e. The van der Waals surface area contributed by atoms with E-state index in [0.29, 0.717) is 17.8 Å². The summed E-state index contributed by atoms with van der Waals surface area (Å²) in [5, 5.41) is 8.22. The minimum absolute atomic E-state index is 0.390. The number of rotatable bonds is 5. The molecule has 1 aromatic heterocycles. The highest BCUT2D eigenvalue weighted by molar-refractivity contribution is 5.30. The highest BCUT2D eigenvalue weighted by Gasteiger charge is 2.25. The van der Waals surface area contributed by atoms with Gasteiger partial charge in [-0.05, 0) is 37.1 Å². The Morgan fingerprint density at radius 2 is 2.14 bits per heavy atom. The molecule has 118 valence electrons. The van der Waals surface area contributed by atoms with E-state index in [4.69, 9.17) is 9.15 Å². The minimum atomic E-state index is 0.390. The molecule has 1 aliphatic rings. The second-order valence-electron chi connectivity index (χ2n) is 5.70. The first-order chi connectivity index (χ1) is 10.8. The Hall–Kier alpha value is -1.88. The maximum Gasteiger partial charge on any atom is 0.230 e. The molecule has 2 aromatic rings. The van der Waals surface area contributed by atoms with Crippen molar-refractivity contribution >= 4 is 0 Å². The van der Waals surface area contributed by atoms with E-state index in [1.165, 1.54) is 18.4 Å². The zero-order valence-electron chi connectivity index (χ0n) is 13.3. The van der Waals surface area contributed by atoms with Crippen LogP contribution in [0.25, 0.3) is 0 Å². The number of benzene rings is 1. The standard InChI is InChI=1S/C17H23N3O2/c1-3-16-18-19-17(22-16)12-20-10-5-4-9-15(20)13-7-6-8-14(11-13)21-2/h6-8,11,15H,3-5,9-10,12H2,1-2H3. The Kier molecular flexibility index (Phi) is 4.73. The third-order valence-electron chi connectivity index (χ3n) is 4.24. The lowest BCUT2D eigenvalue weighted by atomic mass is 9.95. The first kappa shape index (κ1) is 15.0. The highest BCUT2D eigenvalue weighted by Crippen LogP contribution is 2.33. The molecule has 0 radical (unpaired) electrons. The number of hydrogen-bond acceptors (Lipinski definition) is 5. The first-order valence-electron chi connectivity index (χ1n) is 7.99. The summed E-state index contributed by atoms with van der Waals surface area (Å²) < 4.78 is 11.0. The summed E-state index contributed by atoms with van der Waals surface area (Å²) in [6, 6.07) is 8.75. The number of aryl methyl sites for hydroxylation is 1. The molecule has 0 spiro atoms. The fourth-order valence-corrected chi connectivity index (χ4v) is 3.08. The monoisotopic (exact) mass is 301 g/mol. The maximum absolute atomic E-state index is 5.68. The van der Waals surface area contributed by atoms with Gasteiger partial charge in [-0.1, -0.05) is 25.5 Å². The van der Waals surface area contributed by atoms with Crippen LogP contribution < -0.4 is 4.74 Å². The van der Waals surface area contributed by atoms with Gasteiger partial charge in [0.15, 0.2) is 0 Å². The Morgan fingerprint density at radius 3 is 2.91 bits per heavy atom. The van der Waals surface area contributed by atoms with Gasteiger partial charge in [0.2, 0.25) is 11.8 Å². The zero-order valence-corrected chi connectivity index (χ0v) is 13.3. The van der Waals surface area contributed by atoms with Crippen molar-refractivity contribution in [2.45, 2.75) is 45.2 Å². The summed E-state index contributed by atoms with van der Waals surface area (Å²) in [6.07, 6.45) is 4.41. The lowest BCUT2D eigenvalue weighted by molar-refractivity contribution is 0.127. The van der Waals surface area contributed by atoms with Crippen LogP contribution in [0.3, 0.4) is 0 Å². The van der Waals surface area contributed by atoms with Gasteiger partial charge in [0.05, 0.1) is 13.7 Å². The van der Waals surface area contributed by atoms with E-state index < -0.39 is 0 Å². The number of ether oxygens (including phenoxy) is 1. The number of methoxy groups -OCH3 is 1. The molecule has 1 aliphatic heterocycles. The third-order valence-corrected chi connectivity index (χ3v) is 4.24. The molecule has 5 nitrogen and oxygen atoms in total. The number of aromatic nitrogens is 2. The SMILES string of the molecule is CCc1nnc(CN2CCCCC2c2cccc(OC)c2)o1. The van der Waals surface area contributed by atoms with Crippen LogP contribution in [0.2, 0.25) is 0 Å². The van der Waals surface area contributed by atoms with Gasteiger partial charge in [0.25, 0.3) is 0 Å². The predicted molar refractivity (Wildman–Crippen MR) is 83.7 cm³/mol. The first-order valence-corrected chi connectivity index (χ1v) is 7.99. The fraction of sp³-hybridized carbons (Fsp3) is 0.529. The van der Waals surface area contributed by atoms with Crippen molar-refractivity contribution < 1.29 is 9.15 Å². The lowest BCUT2D eigenvalue weighted by Crippen LogP contribution is -2.33. The van der Waals surface area contributed by atoms with E-state index in [-0.39, 0.29) is 0 Å². The molecule has 3 rings (SSSR count). The van der Waals surface area contributed by atoms with E-state index in [9.17, 15) is 0 Å². The second kappa shape index (κ2) is 6.92. The number of likely N-dealkylation sites (tertiary alicyclic amines) is 1. The van der Waals surface area contributed by atoms with Crippen LogP contribution in [0, 0.1) is 0 Å². The summed E-state index contributed by atoms with van der Waals surface area (Å²) in [6.45, 7) is 3.80. The molecule has 1 atom stereocenters. The van der Waals surface area contributed by atoms with Crippen molar-refractivity contribution in [3.05, 3.63) is 41.6 Å². The van der Waals surface area contributed by atoms with Crippen molar-refractivity contribution in [3.63, 3.8) is 0 Å². The van der Waals surface area contributed by atoms with Gasteiger partial charge >= 0.3 is 0 Å². The second-order valence-corrected chi connectivity index (χ2v) is 5.70. The maximum atomic E-state index is 5.68. The van der Waals surface area contributed by atoms with E-state index in [1.54, 1.807) is 7.11 Å². The molecular formula is C17H23N3O2.